The summed E-state index contributed by atoms with van der Waals surface area (Å²) >= 11 is 7.03. The van der Waals surface area contributed by atoms with Crippen LogP contribution < -0.4 is 4.72 Å². The number of benzene rings is 2. The number of carbonyl (C=O) groups is 1. The Morgan fingerprint density at radius 1 is 1.12 bits per heavy atom. The summed E-state index contributed by atoms with van der Waals surface area (Å²) in [4.78, 5) is 18.8. The van der Waals surface area contributed by atoms with Crippen molar-refractivity contribution in [1.29, 1.82) is 0 Å². The van der Waals surface area contributed by atoms with Gasteiger partial charge in [0, 0.05) is 36.9 Å². The predicted octanol–water partition coefficient (Wildman–Crippen LogP) is 3.86. The fourth-order valence-corrected chi connectivity index (χ4v) is 5.13. The SMILES string of the molecule is CN(CCc1ccccn1)C(=O)c1ccc(Cl)cc1NS(=O)(=O)c1cccc2nsnc12. The topological polar surface area (TPSA) is 105 Å². The second-order valence-electron chi connectivity index (χ2n) is 6.98. The molecule has 1 amide bonds. The molecule has 2 aromatic heterocycles. The minimum atomic E-state index is -4.05. The largest absolute Gasteiger partial charge is 0.341 e. The van der Waals surface area contributed by atoms with Gasteiger partial charge in [-0.1, -0.05) is 23.7 Å². The van der Waals surface area contributed by atoms with Crippen LogP contribution >= 0.6 is 23.3 Å². The molecule has 0 aliphatic heterocycles. The molecule has 164 valence electrons. The highest BCUT2D eigenvalue weighted by Crippen LogP contribution is 2.28. The van der Waals surface area contributed by atoms with Crippen molar-refractivity contribution < 1.29 is 13.2 Å². The van der Waals surface area contributed by atoms with Gasteiger partial charge in [-0.15, -0.1) is 0 Å². The van der Waals surface area contributed by atoms with E-state index in [0.29, 0.717) is 23.5 Å². The molecule has 32 heavy (non-hydrogen) atoms. The van der Waals surface area contributed by atoms with Crippen molar-refractivity contribution >= 4 is 56.0 Å². The molecule has 0 saturated carbocycles. The van der Waals surface area contributed by atoms with Crippen LogP contribution in [-0.4, -0.2) is 46.5 Å². The number of pyridine rings is 1. The van der Waals surface area contributed by atoms with Gasteiger partial charge in [0.1, 0.15) is 15.9 Å². The lowest BCUT2D eigenvalue weighted by Gasteiger charge is -2.20. The molecular formula is C21H18ClN5O3S2. The van der Waals surface area contributed by atoms with E-state index in [9.17, 15) is 13.2 Å². The molecule has 0 fully saturated rings. The lowest BCUT2D eigenvalue weighted by Crippen LogP contribution is -2.30. The van der Waals surface area contributed by atoms with Crippen molar-refractivity contribution in [3.63, 3.8) is 0 Å². The molecule has 4 aromatic rings. The third kappa shape index (κ3) is 4.72. The summed E-state index contributed by atoms with van der Waals surface area (Å²) in [6, 6.07) is 14.8. The first kappa shape index (κ1) is 22.1. The Bertz CT molecular complexity index is 1380. The van der Waals surface area contributed by atoms with Gasteiger partial charge in [-0.2, -0.15) is 8.75 Å². The van der Waals surface area contributed by atoms with Gasteiger partial charge in [0.2, 0.25) is 0 Å². The van der Waals surface area contributed by atoms with Crippen LogP contribution in [-0.2, 0) is 16.4 Å². The Morgan fingerprint density at radius 2 is 1.97 bits per heavy atom. The van der Waals surface area contributed by atoms with E-state index in [4.69, 9.17) is 11.6 Å². The number of amides is 1. The summed E-state index contributed by atoms with van der Waals surface area (Å²) in [6.45, 7) is 0.411. The quantitative estimate of drug-likeness (QED) is 0.424. The molecular weight excluding hydrogens is 470 g/mol. The zero-order valence-corrected chi connectivity index (χ0v) is 19.3. The van der Waals surface area contributed by atoms with Crippen molar-refractivity contribution in [2.45, 2.75) is 11.3 Å². The number of hydrogen-bond donors (Lipinski definition) is 1. The standard InChI is InChI=1S/C21H18ClN5O3S2/c1-27(12-10-15-5-2-3-11-23-15)21(28)16-9-8-14(22)13-18(16)26-32(29,30)19-7-4-6-17-20(19)25-31-24-17/h2-9,11,13,26H,10,12H2,1H3. The van der Waals surface area contributed by atoms with Gasteiger partial charge in [-0.25, -0.2) is 8.42 Å². The maximum absolute atomic E-state index is 13.1. The summed E-state index contributed by atoms with van der Waals surface area (Å²) in [5, 5.41) is 0.295. The first-order chi connectivity index (χ1) is 15.3. The summed E-state index contributed by atoms with van der Waals surface area (Å²) in [5.41, 5.74) is 1.88. The molecule has 0 aliphatic carbocycles. The summed E-state index contributed by atoms with van der Waals surface area (Å²) in [5.74, 6) is -0.344. The highest BCUT2D eigenvalue weighted by Gasteiger charge is 2.24. The van der Waals surface area contributed by atoms with Crippen LogP contribution in [0.15, 0.2) is 65.7 Å². The van der Waals surface area contributed by atoms with E-state index in [1.165, 1.54) is 23.1 Å². The molecule has 0 spiro atoms. The van der Waals surface area contributed by atoms with Gasteiger partial charge in [0.25, 0.3) is 15.9 Å². The highest BCUT2D eigenvalue weighted by atomic mass is 35.5. The third-order valence-corrected chi connectivity index (χ3v) is 6.95. The fourth-order valence-electron chi connectivity index (χ4n) is 3.12. The Kier molecular flexibility index (Phi) is 6.35. The lowest BCUT2D eigenvalue weighted by atomic mass is 10.1. The van der Waals surface area contributed by atoms with Crippen molar-refractivity contribution in [2.24, 2.45) is 0 Å². The average Bonchev–Trinajstić information content (AvgIpc) is 3.26. The number of hydrogen-bond acceptors (Lipinski definition) is 7. The van der Waals surface area contributed by atoms with Crippen LogP contribution in [0.25, 0.3) is 11.0 Å². The molecule has 2 aromatic carbocycles. The van der Waals surface area contributed by atoms with E-state index < -0.39 is 10.0 Å². The molecule has 0 bridgehead atoms. The Labute approximate surface area is 194 Å². The smallest absolute Gasteiger partial charge is 0.264 e. The maximum Gasteiger partial charge on any atom is 0.264 e. The Morgan fingerprint density at radius 3 is 2.75 bits per heavy atom. The summed E-state index contributed by atoms with van der Waals surface area (Å²) in [6.07, 6.45) is 2.26. The van der Waals surface area contributed by atoms with Crippen LogP contribution in [0.4, 0.5) is 5.69 Å². The molecule has 1 N–H and O–H groups in total. The zero-order valence-electron chi connectivity index (χ0n) is 16.9. The summed E-state index contributed by atoms with van der Waals surface area (Å²) < 4.78 is 36.9. The molecule has 11 heteroatoms. The van der Waals surface area contributed by atoms with E-state index in [0.717, 1.165) is 17.4 Å². The van der Waals surface area contributed by atoms with Gasteiger partial charge < -0.3 is 4.90 Å². The average molecular weight is 488 g/mol. The van der Waals surface area contributed by atoms with Gasteiger partial charge >= 0.3 is 0 Å². The van der Waals surface area contributed by atoms with Gasteiger partial charge in [-0.05, 0) is 42.5 Å². The van der Waals surface area contributed by atoms with Crippen molar-refractivity contribution in [3.05, 3.63) is 77.1 Å². The minimum Gasteiger partial charge on any atom is -0.341 e. The second kappa shape index (κ2) is 9.19. The van der Waals surface area contributed by atoms with Gasteiger partial charge in [0.15, 0.2) is 0 Å². The first-order valence-corrected chi connectivity index (χ1v) is 12.1. The number of nitrogens with zero attached hydrogens (tertiary/aromatic N) is 4. The van der Waals surface area contributed by atoms with Crippen molar-refractivity contribution in [1.82, 2.24) is 18.6 Å². The van der Waals surface area contributed by atoms with E-state index in [1.807, 2.05) is 18.2 Å². The number of likely N-dealkylation sites (N-methyl/N-ethyl adjacent to an activating group) is 1. The highest BCUT2D eigenvalue weighted by molar-refractivity contribution is 7.93. The van der Waals surface area contributed by atoms with E-state index in [2.05, 4.69) is 18.5 Å². The number of halogens is 1. The van der Waals surface area contributed by atoms with Crippen LogP contribution in [0.5, 0.6) is 0 Å². The number of nitrogens with one attached hydrogen (secondary N) is 1. The Hall–Kier alpha value is -3.08. The molecule has 0 aliphatic rings. The fraction of sp³-hybridized carbons (Fsp3) is 0.143. The van der Waals surface area contributed by atoms with Crippen LogP contribution in [0.2, 0.25) is 5.02 Å². The predicted molar refractivity (Wildman–Crippen MR) is 125 cm³/mol. The van der Waals surface area contributed by atoms with Gasteiger partial charge in [0.05, 0.1) is 23.0 Å². The normalized spacial score (nSPS) is 11.4. The Balaban J connectivity index is 1.60. The zero-order chi connectivity index (χ0) is 22.7. The van der Waals surface area contributed by atoms with E-state index in [1.54, 1.807) is 31.4 Å². The minimum absolute atomic E-state index is 0.0226. The van der Waals surface area contributed by atoms with E-state index in [-0.39, 0.29) is 27.6 Å². The monoisotopic (exact) mass is 487 g/mol. The number of carbonyl (C=O) groups excluding carboxylic acids is 1. The second-order valence-corrected chi connectivity index (χ2v) is 9.60. The number of fused-ring (bicyclic) bond motifs is 1. The van der Waals surface area contributed by atoms with Crippen molar-refractivity contribution in [2.75, 3.05) is 18.3 Å². The lowest BCUT2D eigenvalue weighted by molar-refractivity contribution is 0.0797. The molecule has 0 atom stereocenters. The van der Waals surface area contributed by atoms with Crippen LogP contribution in [0.3, 0.4) is 0 Å². The number of rotatable bonds is 7. The number of aromatic nitrogens is 3. The summed E-state index contributed by atoms with van der Waals surface area (Å²) in [7, 11) is -2.40. The van der Waals surface area contributed by atoms with Crippen LogP contribution in [0, 0.1) is 0 Å². The molecule has 0 radical (unpaired) electrons. The maximum atomic E-state index is 13.1. The molecule has 4 rings (SSSR count). The first-order valence-electron chi connectivity index (χ1n) is 9.54. The van der Waals surface area contributed by atoms with Gasteiger partial charge in [-0.3, -0.25) is 14.5 Å². The molecule has 0 saturated heterocycles. The van der Waals surface area contributed by atoms with Crippen LogP contribution in [0.1, 0.15) is 16.1 Å². The molecule has 2 heterocycles. The van der Waals surface area contributed by atoms with Crippen molar-refractivity contribution in [3.8, 4) is 0 Å². The van der Waals surface area contributed by atoms with E-state index >= 15 is 0 Å². The number of sulfonamides is 1. The molecule has 0 unspecified atom stereocenters. The third-order valence-electron chi connectivity index (χ3n) is 4.77. The molecule has 8 nitrogen and oxygen atoms in total. The number of anilines is 1.